The van der Waals surface area contributed by atoms with E-state index >= 15 is 0 Å². The summed E-state index contributed by atoms with van der Waals surface area (Å²) < 4.78 is 10.4. The van der Waals surface area contributed by atoms with Crippen molar-refractivity contribution < 1.29 is 19.4 Å². The van der Waals surface area contributed by atoms with E-state index in [9.17, 15) is 9.90 Å². The first kappa shape index (κ1) is 16.5. The first-order valence-electron chi connectivity index (χ1n) is 7.21. The van der Waals surface area contributed by atoms with Gasteiger partial charge >= 0.3 is 5.97 Å². The van der Waals surface area contributed by atoms with Crippen molar-refractivity contribution >= 4 is 5.97 Å². The van der Waals surface area contributed by atoms with Gasteiger partial charge in [0.1, 0.15) is 5.75 Å². The van der Waals surface area contributed by atoms with Crippen LogP contribution in [0.4, 0.5) is 0 Å². The number of hydrogen-bond acceptors (Lipinski definition) is 4. The molecule has 1 atom stereocenters. The van der Waals surface area contributed by atoms with Gasteiger partial charge in [-0.1, -0.05) is 25.5 Å². The fourth-order valence-electron chi connectivity index (χ4n) is 1.81. The Kier molecular flexibility index (Phi) is 7.73. The van der Waals surface area contributed by atoms with Crippen LogP contribution in [0.3, 0.4) is 0 Å². The number of ether oxygens (including phenoxy) is 2. The van der Waals surface area contributed by atoms with Gasteiger partial charge in [0, 0.05) is 0 Å². The molecule has 0 bridgehead atoms. The van der Waals surface area contributed by atoms with E-state index in [4.69, 9.17) is 9.47 Å². The molecule has 0 fully saturated rings. The van der Waals surface area contributed by atoms with Crippen LogP contribution in [-0.4, -0.2) is 30.4 Å². The van der Waals surface area contributed by atoms with Gasteiger partial charge in [0.05, 0.1) is 25.7 Å². The van der Waals surface area contributed by atoms with E-state index in [0.717, 1.165) is 30.8 Å². The fourth-order valence-corrected chi connectivity index (χ4v) is 1.81. The Hall–Kier alpha value is -1.55. The van der Waals surface area contributed by atoms with Crippen molar-refractivity contribution in [3.63, 3.8) is 0 Å². The van der Waals surface area contributed by atoms with Crippen LogP contribution in [0.15, 0.2) is 24.3 Å². The monoisotopic (exact) mass is 280 g/mol. The van der Waals surface area contributed by atoms with Crippen LogP contribution in [0, 0.1) is 0 Å². The van der Waals surface area contributed by atoms with Crippen molar-refractivity contribution in [3.8, 4) is 5.75 Å². The summed E-state index contributed by atoms with van der Waals surface area (Å²) >= 11 is 0. The number of benzene rings is 1. The number of unbranched alkanes of at least 4 members (excludes halogenated alkanes) is 1. The summed E-state index contributed by atoms with van der Waals surface area (Å²) in [6.45, 7) is 4.94. The molecule has 4 nitrogen and oxygen atoms in total. The third-order valence-corrected chi connectivity index (χ3v) is 2.87. The molecule has 0 saturated carbocycles. The Morgan fingerprint density at radius 1 is 1.25 bits per heavy atom. The molecule has 0 aliphatic carbocycles. The Bertz CT molecular complexity index is 386. The lowest BCUT2D eigenvalue weighted by Crippen LogP contribution is -2.18. The first-order chi connectivity index (χ1) is 9.65. The van der Waals surface area contributed by atoms with Crippen LogP contribution in [-0.2, 0) is 16.0 Å². The highest BCUT2D eigenvalue weighted by molar-refractivity contribution is 5.69. The number of rotatable bonds is 9. The number of carbonyl (C=O) groups excluding carboxylic acids is 1. The standard InChI is InChI=1S/C16H24O4/c1-3-5-10-20-15-8-6-13(7-9-15)11-14(17)12-16(18)19-4-2/h6-9,14,17H,3-5,10-12H2,1-2H3/t14-/m1/s1. The lowest BCUT2D eigenvalue weighted by atomic mass is 10.1. The van der Waals surface area contributed by atoms with Gasteiger partial charge in [0.25, 0.3) is 0 Å². The highest BCUT2D eigenvalue weighted by atomic mass is 16.5. The maximum absolute atomic E-state index is 11.2. The van der Waals surface area contributed by atoms with Gasteiger partial charge in [-0.3, -0.25) is 4.79 Å². The Morgan fingerprint density at radius 3 is 2.55 bits per heavy atom. The average Bonchev–Trinajstić information content (AvgIpc) is 2.41. The maximum atomic E-state index is 11.2. The molecular weight excluding hydrogens is 256 g/mol. The van der Waals surface area contributed by atoms with Crippen molar-refractivity contribution in [2.24, 2.45) is 0 Å². The lowest BCUT2D eigenvalue weighted by molar-refractivity contribution is -0.145. The van der Waals surface area contributed by atoms with Gasteiger partial charge in [-0.25, -0.2) is 0 Å². The van der Waals surface area contributed by atoms with Crippen LogP contribution in [0.1, 0.15) is 38.7 Å². The molecule has 0 heterocycles. The quantitative estimate of drug-likeness (QED) is 0.558. The molecule has 0 radical (unpaired) electrons. The molecule has 0 unspecified atom stereocenters. The third kappa shape index (κ3) is 6.57. The SMILES string of the molecule is CCCCOc1ccc(C[C@@H](O)CC(=O)OCC)cc1. The van der Waals surface area contributed by atoms with Crippen molar-refractivity contribution in [3.05, 3.63) is 29.8 Å². The van der Waals surface area contributed by atoms with Gasteiger partial charge in [-0.2, -0.15) is 0 Å². The second-order valence-electron chi connectivity index (χ2n) is 4.71. The van der Waals surface area contributed by atoms with Crippen molar-refractivity contribution in [2.75, 3.05) is 13.2 Å². The molecule has 0 aromatic heterocycles. The van der Waals surface area contributed by atoms with Gasteiger partial charge in [0.15, 0.2) is 0 Å². The van der Waals surface area contributed by atoms with E-state index in [2.05, 4.69) is 6.92 Å². The van der Waals surface area contributed by atoms with Gasteiger partial charge in [-0.05, 0) is 37.5 Å². The summed E-state index contributed by atoms with van der Waals surface area (Å²) in [6, 6.07) is 7.61. The smallest absolute Gasteiger partial charge is 0.308 e. The highest BCUT2D eigenvalue weighted by Gasteiger charge is 2.12. The Morgan fingerprint density at radius 2 is 1.95 bits per heavy atom. The highest BCUT2D eigenvalue weighted by Crippen LogP contribution is 2.14. The van der Waals surface area contributed by atoms with Crippen LogP contribution < -0.4 is 4.74 Å². The number of aliphatic hydroxyl groups is 1. The van der Waals surface area contributed by atoms with Gasteiger partial charge in [0.2, 0.25) is 0 Å². The second kappa shape index (κ2) is 9.37. The minimum atomic E-state index is -0.707. The average molecular weight is 280 g/mol. The number of carbonyl (C=O) groups is 1. The summed E-state index contributed by atoms with van der Waals surface area (Å²) in [5, 5.41) is 9.81. The third-order valence-electron chi connectivity index (χ3n) is 2.87. The predicted molar refractivity (Wildman–Crippen MR) is 77.8 cm³/mol. The maximum Gasteiger partial charge on any atom is 0.308 e. The molecule has 0 amide bonds. The number of aliphatic hydroxyl groups excluding tert-OH is 1. The molecule has 0 spiro atoms. The molecule has 1 rings (SSSR count). The van der Waals surface area contributed by atoms with E-state index < -0.39 is 6.10 Å². The molecule has 0 aliphatic rings. The van der Waals surface area contributed by atoms with E-state index in [1.165, 1.54) is 0 Å². The van der Waals surface area contributed by atoms with E-state index in [0.29, 0.717) is 13.0 Å². The minimum Gasteiger partial charge on any atom is -0.494 e. The second-order valence-corrected chi connectivity index (χ2v) is 4.71. The topological polar surface area (TPSA) is 55.8 Å². The first-order valence-corrected chi connectivity index (χ1v) is 7.21. The number of hydrogen-bond donors (Lipinski definition) is 1. The van der Waals surface area contributed by atoms with Crippen LogP contribution in [0.2, 0.25) is 0 Å². The summed E-state index contributed by atoms with van der Waals surface area (Å²) in [5.74, 6) is 0.474. The molecule has 4 heteroatoms. The number of esters is 1. The van der Waals surface area contributed by atoms with E-state index in [1.807, 2.05) is 24.3 Å². The summed E-state index contributed by atoms with van der Waals surface area (Å²) in [5.41, 5.74) is 0.977. The minimum absolute atomic E-state index is 0.0303. The predicted octanol–water partition coefficient (Wildman–Crippen LogP) is 2.72. The van der Waals surface area contributed by atoms with Crippen LogP contribution in [0.25, 0.3) is 0 Å². The Balaban J connectivity index is 2.38. The van der Waals surface area contributed by atoms with Gasteiger partial charge in [-0.15, -0.1) is 0 Å². The van der Waals surface area contributed by atoms with Gasteiger partial charge < -0.3 is 14.6 Å². The van der Waals surface area contributed by atoms with Crippen molar-refractivity contribution in [1.29, 1.82) is 0 Å². The zero-order valence-corrected chi connectivity index (χ0v) is 12.3. The molecule has 1 aromatic rings. The summed E-state index contributed by atoms with van der Waals surface area (Å²) in [6.07, 6.45) is 1.91. The van der Waals surface area contributed by atoms with Crippen molar-refractivity contribution in [2.45, 2.75) is 45.6 Å². The summed E-state index contributed by atoms with van der Waals surface area (Å²) in [4.78, 5) is 11.2. The zero-order chi connectivity index (χ0) is 14.8. The Labute approximate surface area is 120 Å². The van der Waals surface area contributed by atoms with E-state index in [1.54, 1.807) is 6.92 Å². The zero-order valence-electron chi connectivity index (χ0n) is 12.3. The van der Waals surface area contributed by atoms with E-state index in [-0.39, 0.29) is 12.4 Å². The van der Waals surface area contributed by atoms with Crippen molar-refractivity contribution in [1.82, 2.24) is 0 Å². The molecule has 20 heavy (non-hydrogen) atoms. The molecular formula is C16H24O4. The molecule has 0 saturated heterocycles. The largest absolute Gasteiger partial charge is 0.494 e. The van der Waals surface area contributed by atoms with Crippen LogP contribution in [0.5, 0.6) is 5.75 Å². The molecule has 112 valence electrons. The molecule has 0 aliphatic heterocycles. The normalized spacial score (nSPS) is 11.9. The van der Waals surface area contributed by atoms with Crippen LogP contribution >= 0.6 is 0 Å². The summed E-state index contributed by atoms with van der Waals surface area (Å²) in [7, 11) is 0. The molecule has 1 N–H and O–H groups in total. The molecule has 1 aromatic carbocycles. The fraction of sp³-hybridized carbons (Fsp3) is 0.562. The lowest BCUT2D eigenvalue weighted by Gasteiger charge is -2.11.